The molecule has 0 N–H and O–H groups in total. The molecule has 0 radical (unpaired) electrons. The van der Waals surface area contributed by atoms with E-state index in [9.17, 15) is 12.8 Å². The van der Waals surface area contributed by atoms with Crippen molar-refractivity contribution in [2.45, 2.75) is 19.8 Å². The minimum Gasteiger partial charge on any atom is -0.493 e. The predicted molar refractivity (Wildman–Crippen MR) is 74.6 cm³/mol. The third-order valence-corrected chi connectivity index (χ3v) is 3.98. The molecule has 0 heterocycles. The first-order valence-electron chi connectivity index (χ1n) is 6.06. The molecule has 0 fully saturated rings. The van der Waals surface area contributed by atoms with Gasteiger partial charge in [-0.15, -0.1) is 0 Å². The number of benzene rings is 1. The highest BCUT2D eigenvalue weighted by Crippen LogP contribution is 2.17. The quantitative estimate of drug-likeness (QED) is 0.724. The maximum atomic E-state index is 13.3. The van der Waals surface area contributed by atoms with Crippen molar-refractivity contribution in [3.05, 3.63) is 29.6 Å². The molecule has 1 aromatic rings. The monoisotopic (exact) mass is 319 g/mol. The van der Waals surface area contributed by atoms with Gasteiger partial charge >= 0.3 is 0 Å². The molecule has 0 saturated carbocycles. The molecular formula is C13H15ClFNO3S. The second-order valence-electron chi connectivity index (χ2n) is 4.53. The summed E-state index contributed by atoms with van der Waals surface area (Å²) in [5, 5.41) is 8.59. The Hall–Kier alpha value is -1.32. The van der Waals surface area contributed by atoms with Crippen LogP contribution in [0.2, 0.25) is 0 Å². The summed E-state index contributed by atoms with van der Waals surface area (Å²) in [5.41, 5.74) is -0.0296. The molecule has 0 aliphatic carbocycles. The summed E-state index contributed by atoms with van der Waals surface area (Å²) >= 11 is 0. The molecular weight excluding hydrogens is 305 g/mol. The second-order valence-corrected chi connectivity index (χ2v) is 7.42. The Morgan fingerprint density at radius 2 is 2.15 bits per heavy atom. The first-order valence-corrected chi connectivity index (χ1v) is 8.54. The third kappa shape index (κ3) is 6.22. The minimum atomic E-state index is -3.46. The number of hydrogen-bond acceptors (Lipinski definition) is 4. The van der Waals surface area contributed by atoms with Gasteiger partial charge in [0.15, 0.2) is 0 Å². The molecule has 20 heavy (non-hydrogen) atoms. The highest BCUT2D eigenvalue weighted by Gasteiger charge is 2.10. The Kier molecular flexibility index (Phi) is 6.24. The van der Waals surface area contributed by atoms with E-state index in [4.69, 9.17) is 20.7 Å². The summed E-state index contributed by atoms with van der Waals surface area (Å²) in [7, 11) is 1.67. The fourth-order valence-electron chi connectivity index (χ4n) is 1.54. The van der Waals surface area contributed by atoms with Crippen LogP contribution >= 0.6 is 10.7 Å². The number of halogens is 2. The molecule has 0 saturated heterocycles. The Balaban J connectivity index is 2.37. The molecule has 7 heteroatoms. The lowest BCUT2D eigenvalue weighted by atomic mass is 10.1. The van der Waals surface area contributed by atoms with E-state index in [1.807, 2.05) is 6.92 Å². The molecule has 1 rings (SSSR count). The van der Waals surface area contributed by atoms with Crippen LogP contribution in [0.25, 0.3) is 0 Å². The van der Waals surface area contributed by atoms with Crippen molar-refractivity contribution in [2.24, 2.45) is 5.92 Å². The normalized spacial score (nSPS) is 12.7. The van der Waals surface area contributed by atoms with Crippen LogP contribution in [0.5, 0.6) is 5.75 Å². The standard InChI is InChI=1S/C13H15ClFNO3S/c1-10(5-7-20(14,17)18)4-6-19-12-3-2-11(9-16)13(15)8-12/h2-3,8,10H,4-7H2,1H3. The number of ether oxygens (including phenoxy) is 1. The van der Waals surface area contributed by atoms with Gasteiger partial charge in [0.25, 0.3) is 0 Å². The smallest absolute Gasteiger partial charge is 0.232 e. The number of nitriles is 1. The fourth-order valence-corrected chi connectivity index (χ4v) is 2.49. The average Bonchev–Trinajstić information content (AvgIpc) is 2.36. The van der Waals surface area contributed by atoms with Gasteiger partial charge in [-0.25, -0.2) is 12.8 Å². The lowest BCUT2D eigenvalue weighted by Gasteiger charge is -2.11. The van der Waals surface area contributed by atoms with Crippen LogP contribution in [-0.2, 0) is 9.05 Å². The summed E-state index contributed by atoms with van der Waals surface area (Å²) in [6.45, 7) is 2.24. The Morgan fingerprint density at radius 3 is 2.70 bits per heavy atom. The zero-order valence-corrected chi connectivity index (χ0v) is 12.5. The van der Waals surface area contributed by atoms with Gasteiger partial charge in [0.05, 0.1) is 17.9 Å². The van der Waals surface area contributed by atoms with E-state index >= 15 is 0 Å². The highest BCUT2D eigenvalue weighted by molar-refractivity contribution is 8.13. The molecule has 0 amide bonds. The first-order chi connectivity index (χ1) is 9.31. The topological polar surface area (TPSA) is 67.2 Å². The largest absolute Gasteiger partial charge is 0.493 e. The first kappa shape index (κ1) is 16.7. The van der Waals surface area contributed by atoms with Crippen molar-refractivity contribution in [3.8, 4) is 11.8 Å². The van der Waals surface area contributed by atoms with E-state index in [0.717, 1.165) is 6.07 Å². The number of hydrogen-bond donors (Lipinski definition) is 0. The lowest BCUT2D eigenvalue weighted by molar-refractivity contribution is 0.281. The zero-order valence-electron chi connectivity index (χ0n) is 11.0. The minimum absolute atomic E-state index is 0.0296. The van der Waals surface area contributed by atoms with E-state index in [0.29, 0.717) is 25.2 Å². The van der Waals surface area contributed by atoms with Crippen LogP contribution in [0.3, 0.4) is 0 Å². The van der Waals surface area contributed by atoms with E-state index in [1.54, 1.807) is 6.07 Å². The SMILES string of the molecule is CC(CCOc1ccc(C#N)c(F)c1)CCS(=O)(=O)Cl. The van der Waals surface area contributed by atoms with Gasteiger partial charge in [-0.2, -0.15) is 5.26 Å². The molecule has 0 aliphatic heterocycles. The third-order valence-electron chi connectivity index (χ3n) is 2.79. The Morgan fingerprint density at radius 1 is 1.45 bits per heavy atom. The van der Waals surface area contributed by atoms with Crippen molar-refractivity contribution < 1.29 is 17.5 Å². The van der Waals surface area contributed by atoms with Crippen molar-refractivity contribution in [1.29, 1.82) is 5.26 Å². The van der Waals surface area contributed by atoms with Gasteiger partial charge in [0, 0.05) is 16.7 Å². The van der Waals surface area contributed by atoms with Gasteiger partial charge in [0.1, 0.15) is 17.6 Å². The molecule has 1 unspecified atom stereocenters. The van der Waals surface area contributed by atoms with E-state index in [2.05, 4.69) is 0 Å². The molecule has 4 nitrogen and oxygen atoms in total. The zero-order chi connectivity index (χ0) is 15.2. The second kappa shape index (κ2) is 7.46. The maximum absolute atomic E-state index is 13.3. The van der Waals surface area contributed by atoms with Gasteiger partial charge in [0.2, 0.25) is 9.05 Å². The predicted octanol–water partition coefficient (Wildman–Crippen LogP) is 3.06. The summed E-state index contributed by atoms with van der Waals surface area (Å²) in [5.74, 6) is -0.210. The maximum Gasteiger partial charge on any atom is 0.232 e. The Labute approximate surface area is 122 Å². The van der Waals surface area contributed by atoms with Crippen LogP contribution in [0.15, 0.2) is 18.2 Å². The van der Waals surface area contributed by atoms with Crippen molar-refractivity contribution in [3.63, 3.8) is 0 Å². The van der Waals surface area contributed by atoms with Gasteiger partial charge < -0.3 is 4.74 Å². The molecule has 1 aromatic carbocycles. The van der Waals surface area contributed by atoms with E-state index in [1.165, 1.54) is 12.1 Å². The van der Waals surface area contributed by atoms with Crippen LogP contribution in [0, 0.1) is 23.1 Å². The van der Waals surface area contributed by atoms with E-state index < -0.39 is 14.9 Å². The summed E-state index contributed by atoms with van der Waals surface area (Å²) in [4.78, 5) is 0. The van der Waals surface area contributed by atoms with Crippen LogP contribution in [0.4, 0.5) is 4.39 Å². The molecule has 0 aliphatic rings. The van der Waals surface area contributed by atoms with Crippen molar-refractivity contribution in [2.75, 3.05) is 12.4 Å². The molecule has 1 atom stereocenters. The summed E-state index contributed by atoms with van der Waals surface area (Å²) in [6.07, 6.45) is 1.09. The summed E-state index contributed by atoms with van der Waals surface area (Å²) in [6, 6.07) is 5.77. The molecule has 0 aromatic heterocycles. The van der Waals surface area contributed by atoms with Crippen molar-refractivity contribution in [1.82, 2.24) is 0 Å². The van der Waals surface area contributed by atoms with Crippen LogP contribution in [-0.4, -0.2) is 20.8 Å². The molecule has 110 valence electrons. The van der Waals surface area contributed by atoms with Crippen LogP contribution < -0.4 is 4.74 Å². The van der Waals surface area contributed by atoms with Gasteiger partial charge in [-0.1, -0.05) is 6.92 Å². The number of rotatable bonds is 7. The van der Waals surface area contributed by atoms with E-state index in [-0.39, 0.29) is 17.2 Å². The fraction of sp³-hybridized carbons (Fsp3) is 0.462. The Bertz CT molecular complexity index is 598. The molecule has 0 spiro atoms. The summed E-state index contributed by atoms with van der Waals surface area (Å²) < 4.78 is 40.3. The van der Waals surface area contributed by atoms with Gasteiger partial charge in [-0.3, -0.25) is 0 Å². The molecule has 0 bridgehead atoms. The van der Waals surface area contributed by atoms with Crippen molar-refractivity contribution >= 4 is 19.7 Å². The van der Waals surface area contributed by atoms with Crippen LogP contribution in [0.1, 0.15) is 25.3 Å². The highest BCUT2D eigenvalue weighted by atomic mass is 35.7. The van der Waals surface area contributed by atoms with Gasteiger partial charge in [-0.05, 0) is 30.9 Å². The lowest BCUT2D eigenvalue weighted by Crippen LogP contribution is -2.08. The number of nitrogens with zero attached hydrogens (tertiary/aromatic N) is 1. The average molecular weight is 320 g/mol.